The normalized spacial score (nSPS) is 18.8. The number of halogens is 1. The van der Waals surface area contributed by atoms with Crippen LogP contribution in [0.15, 0.2) is 41.4 Å². The average Bonchev–Trinajstić information content (AvgIpc) is 2.72. The molecule has 1 aliphatic heterocycles. The fraction of sp³-hybridized carbons (Fsp3) is 0.480. The molecule has 1 spiro atoms. The third-order valence-electron chi connectivity index (χ3n) is 6.61. The summed E-state index contributed by atoms with van der Waals surface area (Å²) in [5, 5.41) is 4.61. The molecule has 0 aromatic heterocycles. The van der Waals surface area contributed by atoms with Gasteiger partial charge in [-0.25, -0.2) is 0 Å². The number of hydrogen-bond acceptors (Lipinski definition) is 3. The summed E-state index contributed by atoms with van der Waals surface area (Å²) in [6, 6.07) is 12.5. The van der Waals surface area contributed by atoms with Crippen LogP contribution in [0.2, 0.25) is 5.02 Å². The number of nitrogens with one attached hydrogen (secondary N) is 1. The number of hydrogen-bond donors (Lipinski definition) is 1. The maximum absolute atomic E-state index is 6.20. The van der Waals surface area contributed by atoms with Gasteiger partial charge in [-0.2, -0.15) is 0 Å². The summed E-state index contributed by atoms with van der Waals surface area (Å²) in [6.07, 6.45) is 7.34. The molecule has 0 radical (unpaired) electrons. The van der Waals surface area contributed by atoms with E-state index < -0.39 is 0 Å². The Morgan fingerprint density at radius 3 is 2.33 bits per heavy atom. The van der Waals surface area contributed by atoms with Gasteiger partial charge in [0.2, 0.25) is 0 Å². The Labute approximate surface area is 185 Å². The van der Waals surface area contributed by atoms with E-state index in [2.05, 4.69) is 61.5 Å². The van der Waals surface area contributed by atoms with Crippen molar-refractivity contribution in [3.63, 3.8) is 0 Å². The fourth-order valence-electron chi connectivity index (χ4n) is 5.06. The molecule has 2 aliphatic rings. The number of rotatable bonds is 4. The summed E-state index contributed by atoms with van der Waals surface area (Å²) in [6.45, 7) is 0.657. The minimum absolute atomic E-state index is 0.111. The molecule has 1 aliphatic carbocycles. The third-order valence-corrected chi connectivity index (χ3v) is 6.85. The van der Waals surface area contributed by atoms with E-state index in [4.69, 9.17) is 16.6 Å². The Balaban J connectivity index is 1.79. The quantitative estimate of drug-likeness (QED) is 0.653. The first-order valence-electron chi connectivity index (χ1n) is 11.0. The number of amidine groups is 1. The van der Waals surface area contributed by atoms with Crippen molar-refractivity contribution in [2.75, 3.05) is 43.3 Å². The number of benzene rings is 2. The molecule has 4 nitrogen and oxygen atoms in total. The lowest BCUT2D eigenvalue weighted by atomic mass is 9.67. The summed E-state index contributed by atoms with van der Waals surface area (Å²) in [5.74, 6) is 1.16. The standard InChI is InChI=1S/C25H33ClN4/c1-29(2)21-11-12-22(30(3)4)23-20(21)16-25(13-6-5-7-14-25)24(28-23)27-17-18-9-8-10-19(26)15-18/h8-12,15H,5-7,13-14,16-17H2,1-4H3,(H,27,28). The van der Waals surface area contributed by atoms with Crippen LogP contribution in [0.5, 0.6) is 0 Å². The Bertz CT molecular complexity index is 942. The van der Waals surface area contributed by atoms with Gasteiger partial charge in [0.15, 0.2) is 0 Å². The monoisotopic (exact) mass is 424 g/mol. The van der Waals surface area contributed by atoms with E-state index in [0.29, 0.717) is 6.54 Å². The van der Waals surface area contributed by atoms with Gasteiger partial charge in [-0.3, -0.25) is 4.99 Å². The molecule has 0 atom stereocenters. The highest BCUT2D eigenvalue weighted by molar-refractivity contribution is 6.30. The first-order chi connectivity index (χ1) is 14.4. The smallest absolute Gasteiger partial charge is 0.108 e. The second kappa shape index (κ2) is 8.50. The van der Waals surface area contributed by atoms with E-state index in [1.807, 2.05) is 18.2 Å². The van der Waals surface area contributed by atoms with Gasteiger partial charge in [0.25, 0.3) is 0 Å². The van der Waals surface area contributed by atoms with Crippen LogP contribution in [0.1, 0.15) is 43.2 Å². The Morgan fingerprint density at radius 1 is 0.967 bits per heavy atom. The predicted octanol–water partition coefficient (Wildman–Crippen LogP) is 5.99. The number of aliphatic imine (C=N–C) groups is 1. The van der Waals surface area contributed by atoms with Gasteiger partial charge in [0.1, 0.15) is 5.84 Å². The summed E-state index contributed by atoms with van der Waals surface area (Å²) in [4.78, 5) is 9.59. The molecule has 2 aromatic carbocycles. The second-order valence-electron chi connectivity index (χ2n) is 9.18. The van der Waals surface area contributed by atoms with E-state index in [9.17, 15) is 0 Å². The largest absolute Gasteiger partial charge is 0.377 e. The first kappa shape index (κ1) is 21.0. The van der Waals surface area contributed by atoms with E-state index >= 15 is 0 Å². The zero-order chi connectivity index (χ0) is 21.3. The molecule has 1 heterocycles. The maximum atomic E-state index is 6.20. The molecule has 1 saturated carbocycles. The van der Waals surface area contributed by atoms with Crippen molar-refractivity contribution >= 4 is 34.5 Å². The van der Waals surface area contributed by atoms with Crippen LogP contribution in [0.25, 0.3) is 0 Å². The molecular weight excluding hydrogens is 392 g/mol. The van der Waals surface area contributed by atoms with Gasteiger partial charge < -0.3 is 15.1 Å². The SMILES string of the molecule is CN(C)c1ccc(N(C)C)c2c1CC1(CCCCC1)C(=NCc1cccc(Cl)c1)N2. The molecule has 1 fully saturated rings. The molecule has 5 heteroatoms. The van der Waals surface area contributed by atoms with Gasteiger partial charge in [0, 0.05) is 49.9 Å². The summed E-state index contributed by atoms with van der Waals surface area (Å²) in [7, 11) is 8.50. The van der Waals surface area contributed by atoms with Gasteiger partial charge in [0.05, 0.1) is 17.9 Å². The lowest BCUT2D eigenvalue weighted by Crippen LogP contribution is -2.44. The zero-order valence-corrected chi connectivity index (χ0v) is 19.4. The molecule has 1 N–H and O–H groups in total. The van der Waals surface area contributed by atoms with Crippen molar-refractivity contribution in [2.24, 2.45) is 10.4 Å². The van der Waals surface area contributed by atoms with Crippen LogP contribution in [0.3, 0.4) is 0 Å². The molecule has 0 bridgehead atoms. The molecule has 4 rings (SSSR count). The summed E-state index contributed by atoms with van der Waals surface area (Å²) >= 11 is 6.20. The molecule has 0 amide bonds. The van der Waals surface area contributed by atoms with Crippen molar-refractivity contribution in [1.29, 1.82) is 0 Å². The van der Waals surface area contributed by atoms with Crippen LogP contribution in [0.4, 0.5) is 17.1 Å². The fourth-order valence-corrected chi connectivity index (χ4v) is 5.28. The molecule has 160 valence electrons. The van der Waals surface area contributed by atoms with Crippen LogP contribution in [-0.2, 0) is 13.0 Å². The van der Waals surface area contributed by atoms with E-state index in [1.54, 1.807) is 0 Å². The number of nitrogens with zero attached hydrogens (tertiary/aromatic N) is 3. The second-order valence-corrected chi connectivity index (χ2v) is 9.62. The topological polar surface area (TPSA) is 30.9 Å². The highest BCUT2D eigenvalue weighted by atomic mass is 35.5. The van der Waals surface area contributed by atoms with Crippen molar-refractivity contribution < 1.29 is 0 Å². The highest BCUT2D eigenvalue weighted by Crippen LogP contribution is 2.49. The van der Waals surface area contributed by atoms with Crippen LogP contribution in [-0.4, -0.2) is 34.0 Å². The molecule has 30 heavy (non-hydrogen) atoms. The number of anilines is 3. The zero-order valence-electron chi connectivity index (χ0n) is 18.6. The molecule has 0 unspecified atom stereocenters. The minimum atomic E-state index is 0.111. The van der Waals surface area contributed by atoms with E-state index in [1.165, 1.54) is 54.7 Å². The van der Waals surface area contributed by atoms with Crippen LogP contribution >= 0.6 is 11.6 Å². The van der Waals surface area contributed by atoms with Crippen LogP contribution in [0, 0.1) is 5.41 Å². The Morgan fingerprint density at radius 2 is 1.67 bits per heavy atom. The lowest BCUT2D eigenvalue weighted by molar-refractivity contribution is 0.278. The lowest BCUT2D eigenvalue weighted by Gasteiger charge is -2.44. The molecule has 2 aromatic rings. The van der Waals surface area contributed by atoms with E-state index in [-0.39, 0.29) is 5.41 Å². The molecular formula is C25H33ClN4. The van der Waals surface area contributed by atoms with Gasteiger partial charge >= 0.3 is 0 Å². The summed E-state index contributed by atoms with van der Waals surface area (Å²) in [5.41, 5.74) is 6.43. The van der Waals surface area contributed by atoms with Gasteiger partial charge in [-0.15, -0.1) is 0 Å². The van der Waals surface area contributed by atoms with Crippen LogP contribution < -0.4 is 15.1 Å². The molecule has 0 saturated heterocycles. The Hall–Kier alpha value is -2.20. The maximum Gasteiger partial charge on any atom is 0.108 e. The van der Waals surface area contributed by atoms with Crippen molar-refractivity contribution in [3.8, 4) is 0 Å². The Kier molecular flexibility index (Phi) is 5.97. The van der Waals surface area contributed by atoms with Crippen molar-refractivity contribution in [3.05, 3.63) is 52.5 Å². The minimum Gasteiger partial charge on any atom is -0.377 e. The predicted molar refractivity (Wildman–Crippen MR) is 131 cm³/mol. The van der Waals surface area contributed by atoms with Crippen molar-refractivity contribution in [2.45, 2.75) is 45.1 Å². The van der Waals surface area contributed by atoms with Crippen molar-refractivity contribution in [1.82, 2.24) is 0 Å². The van der Waals surface area contributed by atoms with E-state index in [0.717, 1.165) is 22.8 Å². The third kappa shape index (κ3) is 4.02. The van der Waals surface area contributed by atoms with Gasteiger partial charge in [-0.05, 0) is 49.1 Å². The summed E-state index contributed by atoms with van der Waals surface area (Å²) < 4.78 is 0. The number of fused-ring (bicyclic) bond motifs is 1. The van der Waals surface area contributed by atoms with Gasteiger partial charge in [-0.1, -0.05) is 43.0 Å². The average molecular weight is 425 g/mol. The first-order valence-corrected chi connectivity index (χ1v) is 11.3. The highest BCUT2D eigenvalue weighted by Gasteiger charge is 2.42.